The van der Waals surface area contributed by atoms with Crippen LogP contribution in [0.1, 0.15) is 35.9 Å². The van der Waals surface area contributed by atoms with Gasteiger partial charge in [0, 0.05) is 9.90 Å². The highest BCUT2D eigenvalue weighted by molar-refractivity contribution is 7.10. The topological polar surface area (TPSA) is 84.2 Å². The number of amides is 3. The van der Waals surface area contributed by atoms with Crippen LogP contribution in [0.2, 0.25) is 5.02 Å². The lowest BCUT2D eigenvalue weighted by Crippen LogP contribution is -2.36. The fraction of sp³-hybridized carbons (Fsp3) is 0.250. The summed E-state index contributed by atoms with van der Waals surface area (Å²) in [7, 11) is 0. The van der Waals surface area contributed by atoms with Crippen LogP contribution in [0, 0.1) is 0 Å². The van der Waals surface area contributed by atoms with E-state index < -0.39 is 12.1 Å². The molecule has 0 aliphatic rings. The van der Waals surface area contributed by atoms with Gasteiger partial charge in [-0.2, -0.15) is 0 Å². The number of halogens is 1. The van der Waals surface area contributed by atoms with Crippen LogP contribution in [0.5, 0.6) is 0 Å². The number of urea groups is 1. The largest absolute Gasteiger partial charge is 0.352 e. The van der Waals surface area contributed by atoms with Crippen molar-refractivity contribution in [3.8, 4) is 0 Å². The van der Waals surface area contributed by atoms with Gasteiger partial charge in [0.15, 0.2) is 0 Å². The van der Waals surface area contributed by atoms with Crippen LogP contribution in [0.3, 0.4) is 0 Å². The molecule has 2 aromatic rings. The van der Waals surface area contributed by atoms with Gasteiger partial charge >= 0.3 is 6.03 Å². The summed E-state index contributed by atoms with van der Waals surface area (Å²) in [6.45, 7) is 1.86. The Balaban J connectivity index is 2.02. The number of nitrogens with two attached hydrogens (primary N) is 1. The Hall–Kier alpha value is -2.05. The van der Waals surface area contributed by atoms with E-state index in [4.69, 9.17) is 17.3 Å². The summed E-state index contributed by atoms with van der Waals surface area (Å²) in [6, 6.07) is 9.75. The molecule has 3 amide bonds. The van der Waals surface area contributed by atoms with Crippen molar-refractivity contribution in [2.24, 2.45) is 5.73 Å². The zero-order chi connectivity index (χ0) is 16.8. The van der Waals surface area contributed by atoms with Crippen LogP contribution in [0.4, 0.5) is 4.79 Å². The predicted octanol–water partition coefficient (Wildman–Crippen LogP) is 3.38. The molecule has 5 nitrogen and oxygen atoms in total. The fourth-order valence-corrected chi connectivity index (χ4v) is 3.35. The van der Waals surface area contributed by atoms with Gasteiger partial charge in [0.05, 0.1) is 18.5 Å². The van der Waals surface area contributed by atoms with Crippen molar-refractivity contribution in [2.45, 2.75) is 25.4 Å². The van der Waals surface area contributed by atoms with E-state index in [1.54, 1.807) is 6.07 Å². The van der Waals surface area contributed by atoms with Crippen molar-refractivity contribution in [3.05, 3.63) is 57.2 Å². The molecule has 0 aliphatic carbocycles. The highest BCUT2D eigenvalue weighted by Crippen LogP contribution is 2.24. The SMILES string of the molecule is C[C@H](NC(=O)C[C@@H](NC(N)=O)c1cccs1)c1ccccc1Cl. The van der Waals surface area contributed by atoms with Crippen LogP contribution in [-0.4, -0.2) is 11.9 Å². The molecule has 1 heterocycles. The second-order valence-electron chi connectivity index (χ2n) is 5.09. The summed E-state index contributed by atoms with van der Waals surface area (Å²) in [4.78, 5) is 24.3. The molecule has 0 saturated heterocycles. The van der Waals surface area contributed by atoms with Crippen molar-refractivity contribution in [3.63, 3.8) is 0 Å². The van der Waals surface area contributed by atoms with Crippen LogP contribution in [0.15, 0.2) is 41.8 Å². The Labute approximate surface area is 143 Å². The number of rotatable bonds is 6. The van der Waals surface area contributed by atoms with E-state index >= 15 is 0 Å². The van der Waals surface area contributed by atoms with Gasteiger partial charge in [0.2, 0.25) is 5.91 Å². The quantitative estimate of drug-likeness (QED) is 0.745. The average molecular weight is 352 g/mol. The molecule has 0 radical (unpaired) electrons. The third-order valence-corrected chi connectivity index (χ3v) is 4.67. The Morgan fingerprint density at radius 2 is 1.96 bits per heavy atom. The second-order valence-corrected chi connectivity index (χ2v) is 6.48. The minimum atomic E-state index is -0.657. The molecule has 122 valence electrons. The Kier molecular flexibility index (Phi) is 6.01. The molecule has 0 aliphatic heterocycles. The van der Waals surface area contributed by atoms with Gasteiger partial charge < -0.3 is 16.4 Å². The van der Waals surface area contributed by atoms with E-state index in [9.17, 15) is 9.59 Å². The van der Waals surface area contributed by atoms with Crippen molar-refractivity contribution in [1.82, 2.24) is 10.6 Å². The highest BCUT2D eigenvalue weighted by atomic mass is 35.5. The monoisotopic (exact) mass is 351 g/mol. The van der Waals surface area contributed by atoms with Gasteiger partial charge in [-0.1, -0.05) is 35.9 Å². The maximum atomic E-state index is 12.3. The van der Waals surface area contributed by atoms with E-state index in [1.165, 1.54) is 11.3 Å². The molecular weight excluding hydrogens is 334 g/mol. The molecule has 1 aromatic carbocycles. The van der Waals surface area contributed by atoms with Crippen LogP contribution >= 0.6 is 22.9 Å². The van der Waals surface area contributed by atoms with Gasteiger partial charge in [0.25, 0.3) is 0 Å². The Morgan fingerprint density at radius 1 is 1.22 bits per heavy atom. The molecule has 4 N–H and O–H groups in total. The fourth-order valence-electron chi connectivity index (χ4n) is 2.27. The minimum absolute atomic E-state index is 0.109. The molecular formula is C16H18ClN3O2S. The summed E-state index contributed by atoms with van der Waals surface area (Å²) < 4.78 is 0. The summed E-state index contributed by atoms with van der Waals surface area (Å²) in [6.07, 6.45) is 0.109. The van der Waals surface area contributed by atoms with E-state index in [0.29, 0.717) is 5.02 Å². The molecule has 0 fully saturated rings. The number of hydrogen-bond acceptors (Lipinski definition) is 3. The molecule has 0 bridgehead atoms. The lowest BCUT2D eigenvalue weighted by molar-refractivity contribution is -0.122. The minimum Gasteiger partial charge on any atom is -0.352 e. The highest BCUT2D eigenvalue weighted by Gasteiger charge is 2.20. The molecule has 1 aromatic heterocycles. The zero-order valence-electron chi connectivity index (χ0n) is 12.6. The number of nitrogens with one attached hydrogen (secondary N) is 2. The van der Waals surface area contributed by atoms with Gasteiger partial charge in [-0.3, -0.25) is 4.79 Å². The Morgan fingerprint density at radius 3 is 2.57 bits per heavy atom. The first-order valence-electron chi connectivity index (χ1n) is 7.10. The summed E-state index contributed by atoms with van der Waals surface area (Å²) in [5.41, 5.74) is 6.04. The van der Waals surface area contributed by atoms with Crippen LogP contribution < -0.4 is 16.4 Å². The molecule has 2 rings (SSSR count). The average Bonchev–Trinajstić information content (AvgIpc) is 3.00. The predicted molar refractivity (Wildman–Crippen MR) is 92.4 cm³/mol. The molecule has 7 heteroatoms. The summed E-state index contributed by atoms with van der Waals surface area (Å²) in [5.74, 6) is -0.190. The number of carbonyl (C=O) groups excluding carboxylic acids is 2. The van der Waals surface area contributed by atoms with Gasteiger partial charge in [-0.25, -0.2) is 4.79 Å². The summed E-state index contributed by atoms with van der Waals surface area (Å²) in [5, 5.41) is 7.98. The van der Waals surface area contributed by atoms with Crippen molar-refractivity contribution in [2.75, 3.05) is 0 Å². The molecule has 0 unspecified atom stereocenters. The first kappa shape index (κ1) is 17.3. The number of thiophene rings is 1. The maximum absolute atomic E-state index is 12.3. The van der Waals surface area contributed by atoms with Crippen molar-refractivity contribution < 1.29 is 9.59 Å². The third kappa shape index (κ3) is 4.97. The normalized spacial score (nSPS) is 13.1. The van der Waals surface area contributed by atoms with Crippen LogP contribution in [0.25, 0.3) is 0 Å². The number of hydrogen-bond donors (Lipinski definition) is 3. The maximum Gasteiger partial charge on any atom is 0.312 e. The third-order valence-electron chi connectivity index (χ3n) is 3.34. The van der Waals surface area contributed by atoms with Crippen LogP contribution in [-0.2, 0) is 4.79 Å². The number of benzene rings is 1. The smallest absolute Gasteiger partial charge is 0.312 e. The van der Waals surface area contributed by atoms with E-state index in [2.05, 4.69) is 10.6 Å². The number of carbonyl (C=O) groups is 2. The van der Waals surface area contributed by atoms with E-state index in [1.807, 2.05) is 42.6 Å². The van der Waals surface area contributed by atoms with Crippen molar-refractivity contribution >= 4 is 34.9 Å². The lowest BCUT2D eigenvalue weighted by atomic mass is 10.1. The standard InChI is InChI=1S/C16H18ClN3O2S/c1-10(11-5-2-3-6-12(11)17)19-15(21)9-13(20-16(18)22)14-7-4-8-23-14/h2-8,10,13H,9H2,1H3,(H,19,21)(H3,18,20,22)/t10-,13+/m0/s1. The van der Waals surface area contributed by atoms with Gasteiger partial charge in [-0.15, -0.1) is 11.3 Å². The van der Waals surface area contributed by atoms with Gasteiger partial charge in [-0.05, 0) is 30.0 Å². The Bertz CT molecular complexity index is 676. The van der Waals surface area contributed by atoms with Crippen molar-refractivity contribution in [1.29, 1.82) is 0 Å². The molecule has 2 atom stereocenters. The zero-order valence-corrected chi connectivity index (χ0v) is 14.2. The summed E-state index contributed by atoms with van der Waals surface area (Å²) >= 11 is 7.60. The first-order valence-corrected chi connectivity index (χ1v) is 8.36. The number of primary amides is 1. The van der Waals surface area contributed by atoms with E-state index in [0.717, 1.165) is 10.4 Å². The first-order chi connectivity index (χ1) is 11.0. The van der Waals surface area contributed by atoms with Gasteiger partial charge in [0.1, 0.15) is 0 Å². The molecule has 23 heavy (non-hydrogen) atoms. The van der Waals surface area contributed by atoms with E-state index in [-0.39, 0.29) is 18.4 Å². The molecule has 0 spiro atoms. The molecule has 0 saturated carbocycles. The lowest BCUT2D eigenvalue weighted by Gasteiger charge is -2.19. The second kappa shape index (κ2) is 7.99.